The molecule has 0 radical (unpaired) electrons. The number of amides is 1. The van der Waals surface area contributed by atoms with Gasteiger partial charge in [-0.1, -0.05) is 12.1 Å². The van der Waals surface area contributed by atoms with Crippen molar-refractivity contribution in [3.05, 3.63) is 41.0 Å². The van der Waals surface area contributed by atoms with E-state index in [0.29, 0.717) is 11.3 Å². The Labute approximate surface area is 167 Å². The third kappa shape index (κ3) is 4.25. The molecule has 0 aliphatic rings. The summed E-state index contributed by atoms with van der Waals surface area (Å²) in [6.07, 6.45) is -6.70. The lowest BCUT2D eigenvalue weighted by molar-refractivity contribution is -0.343. The van der Waals surface area contributed by atoms with Crippen molar-refractivity contribution in [2.24, 2.45) is 0 Å². The zero-order valence-electron chi connectivity index (χ0n) is 14.8. The summed E-state index contributed by atoms with van der Waals surface area (Å²) >= 11 is 0.406. The van der Waals surface area contributed by atoms with Crippen LogP contribution in [0.1, 0.15) is 17.3 Å². The maximum Gasteiger partial charge on any atom is 0.460 e. The van der Waals surface area contributed by atoms with Crippen molar-refractivity contribution in [1.29, 1.82) is 0 Å². The number of thiophene rings is 1. The molecular weight excluding hydrogens is 450 g/mol. The van der Waals surface area contributed by atoms with E-state index in [1.165, 1.54) is 24.4 Å². The summed E-state index contributed by atoms with van der Waals surface area (Å²) in [6, 6.07) is 4.38. The first-order chi connectivity index (χ1) is 13.7. The largest absolute Gasteiger partial charge is 0.462 e. The Bertz CT molecular complexity index is 937. The Balaban J connectivity index is 2.48. The molecule has 0 spiro atoms. The molecule has 13 heteroatoms. The average Bonchev–Trinajstić information content (AvgIpc) is 3.05. The van der Waals surface area contributed by atoms with Gasteiger partial charge in [-0.3, -0.25) is 4.79 Å². The maximum atomic E-state index is 13.6. The summed E-state index contributed by atoms with van der Waals surface area (Å²) in [5, 5.41) is 1.64. The summed E-state index contributed by atoms with van der Waals surface area (Å²) < 4.78 is 108. The van der Waals surface area contributed by atoms with Crippen molar-refractivity contribution in [3.63, 3.8) is 0 Å². The molecule has 4 nitrogen and oxygen atoms in total. The van der Waals surface area contributed by atoms with Crippen molar-refractivity contribution in [1.82, 2.24) is 0 Å². The van der Waals surface area contributed by atoms with E-state index in [-0.39, 0.29) is 17.7 Å². The van der Waals surface area contributed by atoms with E-state index < -0.39 is 46.3 Å². The Morgan fingerprint density at radius 3 is 2.10 bits per heavy atom. The van der Waals surface area contributed by atoms with Crippen LogP contribution >= 0.6 is 11.3 Å². The lowest BCUT2D eigenvalue weighted by Gasteiger charge is -2.26. The molecule has 0 aliphatic heterocycles. The fourth-order valence-electron chi connectivity index (χ4n) is 2.20. The molecule has 1 N–H and O–H groups in total. The van der Waals surface area contributed by atoms with Crippen molar-refractivity contribution in [2.75, 3.05) is 11.9 Å². The van der Waals surface area contributed by atoms with Crippen LogP contribution in [0.2, 0.25) is 0 Å². The first kappa shape index (κ1) is 23.6. The van der Waals surface area contributed by atoms with Crippen LogP contribution in [-0.4, -0.2) is 36.5 Å². The van der Waals surface area contributed by atoms with Crippen LogP contribution in [0.5, 0.6) is 0 Å². The topological polar surface area (TPSA) is 55.4 Å². The summed E-state index contributed by atoms with van der Waals surface area (Å²) in [5.41, 5.74) is -0.434. The molecule has 0 bridgehead atoms. The molecule has 0 unspecified atom stereocenters. The number of esters is 1. The van der Waals surface area contributed by atoms with Crippen LogP contribution in [0.25, 0.3) is 11.1 Å². The Kier molecular flexibility index (Phi) is 6.45. The van der Waals surface area contributed by atoms with Crippen molar-refractivity contribution in [2.45, 2.75) is 24.9 Å². The second-order valence-corrected chi connectivity index (χ2v) is 6.56. The summed E-state index contributed by atoms with van der Waals surface area (Å²) in [4.78, 5) is 23.8. The molecule has 1 aromatic carbocycles. The molecule has 0 aliphatic carbocycles. The van der Waals surface area contributed by atoms with Gasteiger partial charge in [-0.2, -0.15) is 30.7 Å². The lowest BCUT2D eigenvalue weighted by Crippen LogP contribution is -2.57. The first-order valence-corrected chi connectivity index (χ1v) is 8.80. The number of alkyl halides is 7. The predicted molar refractivity (Wildman–Crippen MR) is 90.2 cm³/mol. The zero-order valence-corrected chi connectivity index (χ0v) is 15.6. The monoisotopic (exact) mass is 461 g/mol. The van der Waals surface area contributed by atoms with Crippen LogP contribution in [0.3, 0.4) is 0 Å². The number of rotatable bonds is 6. The van der Waals surface area contributed by atoms with E-state index in [1.807, 2.05) is 0 Å². The number of hydrogen-bond donors (Lipinski definition) is 1. The third-order valence-corrected chi connectivity index (χ3v) is 4.58. The number of carbonyl (C=O) groups is 2. The van der Waals surface area contributed by atoms with Gasteiger partial charge in [-0.25, -0.2) is 9.18 Å². The number of carbonyl (C=O) groups excluding carboxylic acids is 2. The molecule has 1 aromatic heterocycles. The molecule has 1 heterocycles. The SMILES string of the molecule is CCOC(=O)c1c(-c2ccc(F)cc2)csc1NC(=O)C(F)(F)C(F)(F)C(F)(F)F. The number of nitrogens with one attached hydrogen (secondary N) is 1. The van der Waals surface area contributed by atoms with Crippen LogP contribution in [0.15, 0.2) is 29.6 Å². The van der Waals surface area contributed by atoms with Gasteiger partial charge in [0.05, 0.1) is 6.61 Å². The second-order valence-electron chi connectivity index (χ2n) is 5.68. The summed E-state index contributed by atoms with van der Waals surface area (Å²) in [5.74, 6) is -17.6. The molecule has 1 amide bonds. The van der Waals surface area contributed by atoms with Gasteiger partial charge in [0.25, 0.3) is 0 Å². The number of halogens is 8. The number of anilines is 1. The Morgan fingerprint density at radius 1 is 1.03 bits per heavy atom. The lowest BCUT2D eigenvalue weighted by atomic mass is 10.0. The van der Waals surface area contributed by atoms with E-state index in [1.54, 1.807) is 0 Å². The number of ether oxygens (including phenoxy) is 1. The maximum absolute atomic E-state index is 13.6. The minimum atomic E-state index is -6.70. The summed E-state index contributed by atoms with van der Waals surface area (Å²) in [7, 11) is 0. The highest BCUT2D eigenvalue weighted by Gasteiger charge is 2.76. The van der Waals surface area contributed by atoms with Crippen molar-refractivity contribution < 1.29 is 49.4 Å². The quantitative estimate of drug-likeness (QED) is 0.457. The highest BCUT2D eigenvalue weighted by atomic mass is 32.1. The molecule has 30 heavy (non-hydrogen) atoms. The Hall–Kier alpha value is -2.70. The second kappa shape index (κ2) is 8.20. The van der Waals surface area contributed by atoms with Crippen LogP contribution in [0.4, 0.5) is 40.1 Å². The molecule has 2 aromatic rings. The van der Waals surface area contributed by atoms with Crippen molar-refractivity contribution in [3.8, 4) is 11.1 Å². The predicted octanol–water partition coefficient (Wildman–Crippen LogP) is 5.50. The van der Waals surface area contributed by atoms with E-state index in [0.717, 1.165) is 17.5 Å². The molecule has 0 saturated heterocycles. The minimum absolute atomic E-state index is 0.0420. The average molecular weight is 461 g/mol. The van der Waals surface area contributed by atoms with Gasteiger partial charge in [0.2, 0.25) is 0 Å². The van der Waals surface area contributed by atoms with Gasteiger partial charge in [0.1, 0.15) is 16.4 Å². The van der Waals surface area contributed by atoms with Gasteiger partial charge < -0.3 is 10.1 Å². The van der Waals surface area contributed by atoms with Gasteiger partial charge in [-0.15, -0.1) is 11.3 Å². The smallest absolute Gasteiger partial charge is 0.460 e. The Morgan fingerprint density at radius 2 is 1.60 bits per heavy atom. The zero-order chi connectivity index (χ0) is 22.9. The van der Waals surface area contributed by atoms with E-state index in [4.69, 9.17) is 4.74 Å². The van der Waals surface area contributed by atoms with E-state index in [9.17, 15) is 44.7 Å². The molecule has 2 rings (SSSR count). The molecular formula is C17H11F8NO3S. The van der Waals surface area contributed by atoms with Crippen LogP contribution in [0, 0.1) is 5.82 Å². The van der Waals surface area contributed by atoms with E-state index >= 15 is 0 Å². The fourth-order valence-corrected chi connectivity index (χ4v) is 3.15. The van der Waals surface area contributed by atoms with Gasteiger partial charge in [0.15, 0.2) is 0 Å². The first-order valence-electron chi connectivity index (χ1n) is 7.92. The third-order valence-electron chi connectivity index (χ3n) is 3.69. The standard InChI is InChI=1S/C17H11F8NO3S/c1-2-29-13(27)11-10(8-3-5-9(18)6-4-8)7-30-12(11)26-14(28)15(19,20)16(21,22)17(23,24)25/h3-7H,2H2,1H3,(H,26,28). The normalized spacial score (nSPS) is 12.6. The van der Waals surface area contributed by atoms with Gasteiger partial charge >= 0.3 is 29.9 Å². The molecule has 0 saturated carbocycles. The highest BCUT2D eigenvalue weighted by molar-refractivity contribution is 7.15. The molecule has 0 fully saturated rings. The highest BCUT2D eigenvalue weighted by Crippen LogP contribution is 2.47. The van der Waals surface area contributed by atoms with Gasteiger partial charge in [-0.05, 0) is 24.6 Å². The number of benzene rings is 1. The van der Waals surface area contributed by atoms with Crippen LogP contribution in [-0.2, 0) is 9.53 Å². The molecule has 164 valence electrons. The number of hydrogen-bond acceptors (Lipinski definition) is 4. The van der Waals surface area contributed by atoms with E-state index in [2.05, 4.69) is 0 Å². The molecule has 0 atom stereocenters. The summed E-state index contributed by atoms with van der Waals surface area (Å²) in [6.45, 7) is 1.19. The fraction of sp³-hybridized carbons (Fsp3) is 0.294. The van der Waals surface area contributed by atoms with Gasteiger partial charge in [0, 0.05) is 10.9 Å². The van der Waals surface area contributed by atoms with Crippen LogP contribution < -0.4 is 5.32 Å². The minimum Gasteiger partial charge on any atom is -0.462 e. The van der Waals surface area contributed by atoms with Crippen molar-refractivity contribution >= 4 is 28.2 Å².